The number of carbonyl (C=O) groups is 2. The first kappa shape index (κ1) is 13.6. The Labute approximate surface area is 112 Å². The van der Waals surface area contributed by atoms with Gasteiger partial charge in [0.15, 0.2) is 0 Å². The molecule has 1 aliphatic rings. The molecule has 4 heteroatoms. The number of carboxylic acid groups (broad SMARTS) is 1. The van der Waals surface area contributed by atoms with Crippen LogP contribution in [-0.4, -0.2) is 23.5 Å². The zero-order valence-corrected chi connectivity index (χ0v) is 10.9. The van der Waals surface area contributed by atoms with Gasteiger partial charge in [-0.25, -0.2) is 0 Å². The highest BCUT2D eigenvalue weighted by Gasteiger charge is 2.25. The van der Waals surface area contributed by atoms with Gasteiger partial charge in [0.05, 0.1) is 0 Å². The summed E-state index contributed by atoms with van der Waals surface area (Å²) in [6, 6.07) is 8.30. The number of carboxylic acids is 1. The Morgan fingerprint density at radius 1 is 1.21 bits per heavy atom. The standard InChI is InChI=1S/C15H19NO3/c17-14(7-3-4-8-15(18)19)16-10-12-9-11-5-1-2-6-13(11)12/h1-2,5-6,12H,3-4,7-10H2,(H,16,17)(H,18,19). The Kier molecular flexibility index (Phi) is 4.55. The van der Waals surface area contributed by atoms with Crippen LogP contribution in [0.5, 0.6) is 0 Å². The van der Waals surface area contributed by atoms with E-state index in [1.165, 1.54) is 11.1 Å². The van der Waals surface area contributed by atoms with E-state index >= 15 is 0 Å². The van der Waals surface area contributed by atoms with E-state index in [0.29, 0.717) is 31.7 Å². The molecule has 1 aromatic carbocycles. The Morgan fingerprint density at radius 2 is 1.95 bits per heavy atom. The molecule has 19 heavy (non-hydrogen) atoms. The summed E-state index contributed by atoms with van der Waals surface area (Å²) in [5.41, 5.74) is 2.72. The van der Waals surface area contributed by atoms with Crippen molar-refractivity contribution in [1.29, 1.82) is 0 Å². The number of hydrogen-bond donors (Lipinski definition) is 2. The SMILES string of the molecule is O=C(O)CCCCC(=O)NCC1Cc2ccccc21. The second-order valence-corrected chi connectivity index (χ2v) is 5.00. The second kappa shape index (κ2) is 6.36. The molecule has 0 aliphatic heterocycles. The largest absolute Gasteiger partial charge is 0.481 e. The van der Waals surface area contributed by atoms with Crippen molar-refractivity contribution in [2.75, 3.05) is 6.54 Å². The van der Waals surface area contributed by atoms with E-state index in [1.807, 2.05) is 12.1 Å². The third-order valence-electron chi connectivity index (χ3n) is 3.55. The van der Waals surface area contributed by atoms with Gasteiger partial charge in [-0.1, -0.05) is 24.3 Å². The number of amides is 1. The van der Waals surface area contributed by atoms with Crippen LogP contribution >= 0.6 is 0 Å². The summed E-state index contributed by atoms with van der Waals surface area (Å²) < 4.78 is 0. The molecule has 1 unspecified atom stereocenters. The van der Waals surface area contributed by atoms with Crippen LogP contribution in [0.2, 0.25) is 0 Å². The first-order valence-corrected chi connectivity index (χ1v) is 6.73. The normalized spacial score (nSPS) is 16.3. The fourth-order valence-electron chi connectivity index (χ4n) is 2.43. The number of unbranched alkanes of at least 4 members (excludes halogenated alkanes) is 1. The first-order chi connectivity index (χ1) is 9.16. The molecule has 0 aromatic heterocycles. The van der Waals surface area contributed by atoms with E-state index in [-0.39, 0.29) is 12.3 Å². The van der Waals surface area contributed by atoms with E-state index in [0.717, 1.165) is 6.42 Å². The molecule has 4 nitrogen and oxygen atoms in total. The molecular formula is C15H19NO3. The van der Waals surface area contributed by atoms with E-state index in [2.05, 4.69) is 17.4 Å². The van der Waals surface area contributed by atoms with Crippen molar-refractivity contribution in [3.63, 3.8) is 0 Å². The molecule has 0 radical (unpaired) electrons. The van der Waals surface area contributed by atoms with Gasteiger partial charge < -0.3 is 10.4 Å². The molecule has 2 N–H and O–H groups in total. The maximum absolute atomic E-state index is 11.6. The summed E-state index contributed by atoms with van der Waals surface area (Å²) in [7, 11) is 0. The highest BCUT2D eigenvalue weighted by Crippen LogP contribution is 2.33. The molecule has 2 rings (SSSR count). The highest BCUT2D eigenvalue weighted by atomic mass is 16.4. The Hall–Kier alpha value is -1.84. The van der Waals surface area contributed by atoms with Gasteiger partial charge in [-0.3, -0.25) is 9.59 Å². The van der Waals surface area contributed by atoms with E-state index in [9.17, 15) is 9.59 Å². The van der Waals surface area contributed by atoms with Crippen LogP contribution in [-0.2, 0) is 16.0 Å². The lowest BCUT2D eigenvalue weighted by Crippen LogP contribution is -2.32. The lowest BCUT2D eigenvalue weighted by Gasteiger charge is -2.30. The van der Waals surface area contributed by atoms with Gasteiger partial charge in [0, 0.05) is 25.3 Å². The van der Waals surface area contributed by atoms with Crippen molar-refractivity contribution in [3.8, 4) is 0 Å². The molecule has 0 saturated heterocycles. The summed E-state index contributed by atoms with van der Waals surface area (Å²) in [5.74, 6) is -0.333. The third kappa shape index (κ3) is 3.81. The molecule has 1 aromatic rings. The van der Waals surface area contributed by atoms with Crippen LogP contribution in [0.3, 0.4) is 0 Å². The molecule has 1 atom stereocenters. The van der Waals surface area contributed by atoms with Gasteiger partial charge in [0.2, 0.25) is 5.91 Å². The molecular weight excluding hydrogens is 242 g/mol. The maximum atomic E-state index is 11.6. The lowest BCUT2D eigenvalue weighted by molar-refractivity contribution is -0.137. The Balaban J connectivity index is 1.62. The maximum Gasteiger partial charge on any atom is 0.303 e. The van der Waals surface area contributed by atoms with Crippen LogP contribution in [0.25, 0.3) is 0 Å². The number of aliphatic carboxylic acids is 1. The first-order valence-electron chi connectivity index (χ1n) is 6.73. The summed E-state index contributed by atoms with van der Waals surface area (Å²) >= 11 is 0. The van der Waals surface area contributed by atoms with E-state index in [4.69, 9.17) is 5.11 Å². The molecule has 0 saturated carbocycles. The van der Waals surface area contributed by atoms with Gasteiger partial charge in [-0.05, 0) is 30.4 Å². The second-order valence-electron chi connectivity index (χ2n) is 5.00. The molecule has 0 spiro atoms. The zero-order valence-electron chi connectivity index (χ0n) is 10.9. The Morgan fingerprint density at radius 3 is 2.68 bits per heavy atom. The van der Waals surface area contributed by atoms with E-state index in [1.54, 1.807) is 0 Å². The molecule has 0 bridgehead atoms. The highest BCUT2D eigenvalue weighted by molar-refractivity contribution is 5.76. The quantitative estimate of drug-likeness (QED) is 0.738. The number of hydrogen-bond acceptors (Lipinski definition) is 2. The van der Waals surface area contributed by atoms with Crippen LogP contribution in [0.1, 0.15) is 42.7 Å². The van der Waals surface area contributed by atoms with Gasteiger partial charge in [-0.2, -0.15) is 0 Å². The summed E-state index contributed by atoms with van der Waals surface area (Å²) in [4.78, 5) is 21.9. The number of benzene rings is 1. The predicted molar refractivity (Wildman–Crippen MR) is 72.0 cm³/mol. The average molecular weight is 261 g/mol. The Bertz CT molecular complexity index is 470. The number of rotatable bonds is 7. The van der Waals surface area contributed by atoms with Gasteiger partial charge in [-0.15, -0.1) is 0 Å². The summed E-state index contributed by atoms with van der Waals surface area (Å²) in [5, 5.41) is 11.4. The van der Waals surface area contributed by atoms with Gasteiger partial charge in [0.1, 0.15) is 0 Å². The van der Waals surface area contributed by atoms with Crippen molar-refractivity contribution in [2.45, 2.75) is 38.0 Å². The molecule has 1 aliphatic carbocycles. The minimum atomic E-state index is -0.800. The number of nitrogens with one attached hydrogen (secondary N) is 1. The van der Waals surface area contributed by atoms with Gasteiger partial charge in [0.25, 0.3) is 0 Å². The third-order valence-corrected chi connectivity index (χ3v) is 3.55. The van der Waals surface area contributed by atoms with Crippen LogP contribution in [0.15, 0.2) is 24.3 Å². The predicted octanol–water partition coefficient (Wildman–Crippen LogP) is 2.09. The number of fused-ring (bicyclic) bond motifs is 1. The van der Waals surface area contributed by atoms with Crippen LogP contribution in [0, 0.1) is 0 Å². The smallest absolute Gasteiger partial charge is 0.303 e. The minimum absolute atomic E-state index is 0.0229. The molecule has 102 valence electrons. The molecule has 1 amide bonds. The monoisotopic (exact) mass is 261 g/mol. The zero-order chi connectivity index (χ0) is 13.7. The summed E-state index contributed by atoms with van der Waals surface area (Å²) in [6.45, 7) is 0.689. The van der Waals surface area contributed by atoms with Crippen molar-refractivity contribution in [1.82, 2.24) is 5.32 Å². The van der Waals surface area contributed by atoms with Crippen molar-refractivity contribution in [2.24, 2.45) is 0 Å². The van der Waals surface area contributed by atoms with Crippen molar-refractivity contribution < 1.29 is 14.7 Å². The van der Waals surface area contributed by atoms with Crippen molar-refractivity contribution >= 4 is 11.9 Å². The van der Waals surface area contributed by atoms with E-state index < -0.39 is 5.97 Å². The lowest BCUT2D eigenvalue weighted by atomic mass is 9.77. The fourth-order valence-corrected chi connectivity index (χ4v) is 2.43. The van der Waals surface area contributed by atoms with Crippen LogP contribution in [0.4, 0.5) is 0 Å². The summed E-state index contributed by atoms with van der Waals surface area (Å²) in [6.07, 6.45) is 2.80. The topological polar surface area (TPSA) is 66.4 Å². The minimum Gasteiger partial charge on any atom is -0.481 e. The average Bonchev–Trinajstić information content (AvgIpc) is 2.35. The van der Waals surface area contributed by atoms with Crippen molar-refractivity contribution in [3.05, 3.63) is 35.4 Å². The fraction of sp³-hybridized carbons (Fsp3) is 0.467. The number of carbonyl (C=O) groups excluding carboxylic acids is 1. The van der Waals surface area contributed by atoms with Crippen LogP contribution < -0.4 is 5.32 Å². The molecule has 0 fully saturated rings. The molecule has 0 heterocycles. The van der Waals surface area contributed by atoms with Gasteiger partial charge >= 0.3 is 5.97 Å².